The van der Waals surface area contributed by atoms with Gasteiger partial charge in [-0.1, -0.05) is 12.1 Å². The fourth-order valence-electron chi connectivity index (χ4n) is 1.79. The topological polar surface area (TPSA) is 64.3 Å². The summed E-state index contributed by atoms with van der Waals surface area (Å²) in [5.74, 6) is -0.858. The van der Waals surface area contributed by atoms with Crippen LogP contribution in [0.3, 0.4) is 0 Å². The second-order valence-electron chi connectivity index (χ2n) is 4.21. The number of hydrogen-bond donors (Lipinski definition) is 2. The second kappa shape index (κ2) is 6.16. The van der Waals surface area contributed by atoms with Crippen LogP contribution in [-0.4, -0.2) is 13.0 Å². The van der Waals surface area contributed by atoms with Crippen molar-refractivity contribution in [1.82, 2.24) is 0 Å². The van der Waals surface area contributed by atoms with Crippen molar-refractivity contribution in [3.63, 3.8) is 0 Å². The molecule has 104 valence electrons. The molecule has 3 N–H and O–H groups in total. The van der Waals surface area contributed by atoms with E-state index in [-0.39, 0.29) is 17.2 Å². The number of methoxy groups -OCH3 is 1. The lowest BCUT2D eigenvalue weighted by Gasteiger charge is -2.08. The fraction of sp³-hybridized carbons (Fsp3) is 0.133. The summed E-state index contributed by atoms with van der Waals surface area (Å²) in [5, 5.41) is 2.70. The van der Waals surface area contributed by atoms with Crippen LogP contribution in [0.2, 0.25) is 0 Å². The van der Waals surface area contributed by atoms with Crippen LogP contribution >= 0.6 is 0 Å². The van der Waals surface area contributed by atoms with Crippen LogP contribution in [0, 0.1) is 5.82 Å². The van der Waals surface area contributed by atoms with E-state index in [1.807, 2.05) is 6.07 Å². The van der Waals surface area contributed by atoms with Gasteiger partial charge >= 0.3 is 0 Å². The van der Waals surface area contributed by atoms with Crippen molar-refractivity contribution in [2.45, 2.75) is 6.54 Å². The summed E-state index contributed by atoms with van der Waals surface area (Å²) in [5.41, 5.74) is 7.29. The molecule has 2 rings (SSSR count). The molecular weight excluding hydrogens is 259 g/mol. The number of hydrogen-bond acceptors (Lipinski definition) is 3. The van der Waals surface area contributed by atoms with E-state index >= 15 is 0 Å². The molecular formula is C15H15FN2O2. The number of halogens is 1. The first-order valence-corrected chi connectivity index (χ1v) is 6.08. The highest BCUT2D eigenvalue weighted by molar-refractivity contribution is 6.04. The van der Waals surface area contributed by atoms with Crippen LogP contribution < -0.4 is 15.8 Å². The molecule has 0 atom stereocenters. The quantitative estimate of drug-likeness (QED) is 0.900. The van der Waals surface area contributed by atoms with Crippen molar-refractivity contribution in [2.75, 3.05) is 12.4 Å². The lowest BCUT2D eigenvalue weighted by atomic mass is 10.1. The number of amides is 1. The SMILES string of the molecule is COc1ccc(C(=O)Nc2cccc(CN)c2)cc1F. The highest BCUT2D eigenvalue weighted by atomic mass is 19.1. The molecule has 4 nitrogen and oxygen atoms in total. The van der Waals surface area contributed by atoms with Crippen molar-refractivity contribution in [1.29, 1.82) is 0 Å². The number of ether oxygens (including phenoxy) is 1. The summed E-state index contributed by atoms with van der Waals surface area (Å²) >= 11 is 0. The summed E-state index contributed by atoms with van der Waals surface area (Å²) in [4.78, 5) is 12.0. The van der Waals surface area contributed by atoms with Gasteiger partial charge in [0.1, 0.15) is 0 Å². The number of carbonyl (C=O) groups excluding carboxylic acids is 1. The molecule has 0 aliphatic heterocycles. The van der Waals surface area contributed by atoms with Crippen molar-refractivity contribution in [3.05, 3.63) is 59.4 Å². The number of rotatable bonds is 4. The van der Waals surface area contributed by atoms with Crippen LogP contribution in [0.5, 0.6) is 5.75 Å². The molecule has 0 aliphatic carbocycles. The summed E-state index contributed by atoms with van der Waals surface area (Å²) < 4.78 is 18.4. The van der Waals surface area contributed by atoms with Gasteiger partial charge in [-0.3, -0.25) is 4.79 Å². The van der Waals surface area contributed by atoms with Gasteiger partial charge in [-0.25, -0.2) is 4.39 Å². The number of carbonyl (C=O) groups is 1. The van der Waals surface area contributed by atoms with Crippen LogP contribution in [0.25, 0.3) is 0 Å². The van der Waals surface area contributed by atoms with Crippen molar-refractivity contribution < 1.29 is 13.9 Å². The Labute approximate surface area is 116 Å². The third-order valence-corrected chi connectivity index (χ3v) is 2.83. The van der Waals surface area contributed by atoms with Gasteiger partial charge in [-0.2, -0.15) is 0 Å². The largest absolute Gasteiger partial charge is 0.494 e. The Hall–Kier alpha value is -2.40. The molecule has 20 heavy (non-hydrogen) atoms. The maximum absolute atomic E-state index is 13.5. The minimum absolute atomic E-state index is 0.103. The third-order valence-electron chi connectivity index (χ3n) is 2.83. The standard InChI is InChI=1S/C15H15FN2O2/c1-20-14-6-5-11(8-13(14)16)15(19)18-12-4-2-3-10(7-12)9-17/h2-8H,9,17H2,1H3,(H,18,19). The smallest absolute Gasteiger partial charge is 0.255 e. The molecule has 2 aromatic carbocycles. The van der Waals surface area contributed by atoms with Crippen molar-refractivity contribution >= 4 is 11.6 Å². The summed E-state index contributed by atoms with van der Waals surface area (Å²) in [7, 11) is 1.37. The average Bonchev–Trinajstić information content (AvgIpc) is 2.47. The highest BCUT2D eigenvalue weighted by Crippen LogP contribution is 2.19. The highest BCUT2D eigenvalue weighted by Gasteiger charge is 2.10. The minimum atomic E-state index is -0.573. The molecule has 0 unspecified atom stereocenters. The van der Waals surface area contributed by atoms with Crippen molar-refractivity contribution in [3.8, 4) is 5.75 Å². The maximum Gasteiger partial charge on any atom is 0.255 e. The zero-order chi connectivity index (χ0) is 14.5. The molecule has 0 bridgehead atoms. The number of anilines is 1. The Balaban J connectivity index is 2.17. The Morgan fingerprint density at radius 3 is 2.75 bits per heavy atom. The normalized spacial score (nSPS) is 10.2. The molecule has 5 heteroatoms. The zero-order valence-corrected chi connectivity index (χ0v) is 11.0. The van der Waals surface area contributed by atoms with E-state index in [1.54, 1.807) is 18.2 Å². The number of nitrogens with one attached hydrogen (secondary N) is 1. The number of benzene rings is 2. The number of nitrogens with two attached hydrogens (primary N) is 1. The molecule has 0 fully saturated rings. The summed E-state index contributed by atoms with van der Waals surface area (Å²) in [6.45, 7) is 0.390. The third kappa shape index (κ3) is 3.13. The van der Waals surface area contributed by atoms with Crippen molar-refractivity contribution in [2.24, 2.45) is 5.73 Å². The van der Waals surface area contributed by atoms with Gasteiger partial charge in [0.05, 0.1) is 7.11 Å². The molecule has 0 saturated heterocycles. The van der Waals surface area contributed by atoms with Gasteiger partial charge in [0, 0.05) is 17.8 Å². The van der Waals surface area contributed by atoms with E-state index in [2.05, 4.69) is 5.32 Å². The molecule has 0 heterocycles. The van der Waals surface area contributed by atoms with Gasteiger partial charge in [0.25, 0.3) is 5.91 Å². The predicted molar refractivity (Wildman–Crippen MR) is 75.2 cm³/mol. The zero-order valence-electron chi connectivity index (χ0n) is 11.0. The van der Waals surface area contributed by atoms with E-state index in [0.29, 0.717) is 12.2 Å². The van der Waals surface area contributed by atoms with Gasteiger partial charge in [0.15, 0.2) is 11.6 Å². The second-order valence-corrected chi connectivity index (χ2v) is 4.21. The molecule has 0 aromatic heterocycles. The fourth-order valence-corrected chi connectivity index (χ4v) is 1.79. The molecule has 0 radical (unpaired) electrons. The van der Waals surface area contributed by atoms with Crippen LogP contribution in [0.1, 0.15) is 15.9 Å². The molecule has 0 saturated carbocycles. The van der Waals surface area contributed by atoms with Gasteiger partial charge in [-0.15, -0.1) is 0 Å². The van der Waals surface area contributed by atoms with Crippen LogP contribution in [-0.2, 0) is 6.54 Å². The monoisotopic (exact) mass is 274 g/mol. The van der Waals surface area contributed by atoms with E-state index in [4.69, 9.17) is 10.5 Å². The van der Waals surface area contributed by atoms with E-state index < -0.39 is 5.82 Å². The molecule has 0 aliphatic rings. The average molecular weight is 274 g/mol. The van der Waals surface area contributed by atoms with E-state index in [0.717, 1.165) is 11.6 Å². The van der Waals surface area contributed by atoms with Crippen LogP contribution in [0.4, 0.5) is 10.1 Å². The first-order valence-electron chi connectivity index (χ1n) is 6.08. The van der Waals surface area contributed by atoms with Gasteiger partial charge in [-0.05, 0) is 35.9 Å². The van der Waals surface area contributed by atoms with Crippen LogP contribution in [0.15, 0.2) is 42.5 Å². The molecule has 0 spiro atoms. The first kappa shape index (κ1) is 14.0. The Bertz CT molecular complexity index is 629. The Morgan fingerprint density at radius 1 is 1.30 bits per heavy atom. The van der Waals surface area contributed by atoms with E-state index in [1.165, 1.54) is 19.2 Å². The Kier molecular flexibility index (Phi) is 4.32. The van der Waals surface area contributed by atoms with Gasteiger partial charge < -0.3 is 15.8 Å². The van der Waals surface area contributed by atoms with E-state index in [9.17, 15) is 9.18 Å². The minimum Gasteiger partial charge on any atom is -0.494 e. The summed E-state index contributed by atoms with van der Waals surface area (Å²) in [6.07, 6.45) is 0. The molecule has 1 amide bonds. The van der Waals surface area contributed by atoms with Gasteiger partial charge in [0.2, 0.25) is 0 Å². The summed E-state index contributed by atoms with van der Waals surface area (Å²) in [6, 6.07) is 11.2. The maximum atomic E-state index is 13.5. The predicted octanol–water partition coefficient (Wildman–Crippen LogP) is 2.55. The lowest BCUT2D eigenvalue weighted by Crippen LogP contribution is -2.12. The first-order chi connectivity index (χ1) is 9.63. The Morgan fingerprint density at radius 2 is 2.10 bits per heavy atom. The molecule has 2 aromatic rings. The lowest BCUT2D eigenvalue weighted by molar-refractivity contribution is 0.102.